The predicted octanol–water partition coefficient (Wildman–Crippen LogP) is 3.00. The number of halogens is 3. The van der Waals surface area contributed by atoms with Gasteiger partial charge in [0.15, 0.2) is 5.76 Å². The van der Waals surface area contributed by atoms with Gasteiger partial charge in [0.25, 0.3) is 0 Å². The van der Waals surface area contributed by atoms with Crippen molar-refractivity contribution < 1.29 is 21.7 Å². The molecule has 0 aliphatic rings. The summed E-state index contributed by atoms with van der Waals surface area (Å²) in [4.78, 5) is 0. The van der Waals surface area contributed by atoms with Gasteiger partial charge in [0.2, 0.25) is 9.05 Å². The van der Waals surface area contributed by atoms with Crippen LogP contribution in [0.1, 0.15) is 11.3 Å². The number of aryl methyl sites for hydroxylation is 1. The highest BCUT2D eigenvalue weighted by atomic mass is 35.7. The van der Waals surface area contributed by atoms with E-state index >= 15 is 0 Å². The van der Waals surface area contributed by atoms with Gasteiger partial charge in [-0.1, -0.05) is 5.16 Å². The summed E-state index contributed by atoms with van der Waals surface area (Å²) in [6.45, 7) is 1.42. The Balaban J connectivity index is 2.41. The van der Waals surface area contributed by atoms with Crippen LogP contribution in [-0.2, 0) is 14.8 Å². The molecule has 8 heteroatoms. The highest BCUT2D eigenvalue weighted by molar-refractivity contribution is 8.13. The fourth-order valence-corrected chi connectivity index (χ4v) is 2.34. The normalized spacial score (nSPS) is 11.8. The second-order valence-electron chi connectivity index (χ2n) is 3.95. The average Bonchev–Trinajstić information content (AvgIpc) is 2.69. The molecule has 1 heterocycles. The van der Waals surface area contributed by atoms with Gasteiger partial charge in [-0.05, 0) is 24.6 Å². The molecule has 4 nitrogen and oxygen atoms in total. The van der Waals surface area contributed by atoms with Crippen LogP contribution < -0.4 is 0 Å². The van der Waals surface area contributed by atoms with Gasteiger partial charge in [-0.15, -0.1) is 0 Å². The lowest BCUT2D eigenvalue weighted by Gasteiger charge is -2.01. The van der Waals surface area contributed by atoms with Gasteiger partial charge in [0.1, 0.15) is 23.1 Å². The van der Waals surface area contributed by atoms with E-state index in [1.807, 2.05) is 0 Å². The van der Waals surface area contributed by atoms with Crippen molar-refractivity contribution >= 4 is 19.7 Å². The second-order valence-corrected chi connectivity index (χ2v) is 6.72. The summed E-state index contributed by atoms with van der Waals surface area (Å²) >= 11 is 0. The number of rotatable bonds is 3. The largest absolute Gasteiger partial charge is 0.356 e. The molecular weight excluding hydrogens is 300 g/mol. The number of benzene rings is 1. The highest BCUT2D eigenvalue weighted by Gasteiger charge is 2.17. The first kappa shape index (κ1) is 14.0. The van der Waals surface area contributed by atoms with Crippen LogP contribution in [-0.4, -0.2) is 13.6 Å². The van der Waals surface area contributed by atoms with Crippen molar-refractivity contribution in [1.82, 2.24) is 5.16 Å². The van der Waals surface area contributed by atoms with Crippen LogP contribution in [0.4, 0.5) is 8.78 Å². The Morgan fingerprint density at radius 3 is 2.58 bits per heavy atom. The van der Waals surface area contributed by atoms with Gasteiger partial charge in [-0.3, -0.25) is 0 Å². The number of aromatic nitrogens is 1. The maximum absolute atomic E-state index is 13.7. The fraction of sp³-hybridized carbons (Fsp3) is 0.182. The topological polar surface area (TPSA) is 60.2 Å². The van der Waals surface area contributed by atoms with Gasteiger partial charge >= 0.3 is 0 Å². The minimum absolute atomic E-state index is 0.0189. The lowest BCUT2D eigenvalue weighted by Crippen LogP contribution is -1.94. The quantitative estimate of drug-likeness (QED) is 0.818. The van der Waals surface area contributed by atoms with Gasteiger partial charge in [0, 0.05) is 16.7 Å². The molecule has 0 saturated heterocycles. The molecule has 0 amide bonds. The maximum Gasteiger partial charge on any atom is 0.238 e. The van der Waals surface area contributed by atoms with Crippen molar-refractivity contribution in [2.24, 2.45) is 0 Å². The minimum Gasteiger partial charge on any atom is -0.356 e. The standard InChI is InChI=1S/C11H8ClF2NO3S/c1-6-2-10(14)8(4-9(6)13)11-3-7(15-18-11)5-19(12,16)17/h2-4H,5H2,1H3. The molecule has 0 spiro atoms. The molecule has 0 unspecified atom stereocenters. The van der Waals surface area contributed by atoms with Gasteiger partial charge < -0.3 is 4.52 Å². The summed E-state index contributed by atoms with van der Waals surface area (Å²) in [7, 11) is 1.27. The van der Waals surface area contributed by atoms with E-state index in [9.17, 15) is 17.2 Å². The molecule has 0 saturated carbocycles. The SMILES string of the molecule is Cc1cc(F)c(-c2cc(CS(=O)(=O)Cl)no2)cc1F. The van der Waals surface area contributed by atoms with E-state index in [1.54, 1.807) is 0 Å². The summed E-state index contributed by atoms with van der Waals surface area (Å²) < 4.78 is 53.6. The first-order valence-corrected chi connectivity index (χ1v) is 7.58. The van der Waals surface area contributed by atoms with E-state index in [1.165, 1.54) is 13.0 Å². The van der Waals surface area contributed by atoms with Crippen LogP contribution in [0.2, 0.25) is 0 Å². The van der Waals surface area contributed by atoms with Crippen LogP contribution in [0, 0.1) is 18.6 Å². The molecule has 2 rings (SSSR count). The lowest BCUT2D eigenvalue weighted by atomic mass is 10.1. The molecule has 0 aliphatic carbocycles. The monoisotopic (exact) mass is 307 g/mol. The van der Waals surface area contributed by atoms with E-state index in [4.69, 9.17) is 15.2 Å². The van der Waals surface area contributed by atoms with Crippen molar-refractivity contribution in [3.63, 3.8) is 0 Å². The first-order valence-electron chi connectivity index (χ1n) is 5.10. The van der Waals surface area contributed by atoms with Crippen LogP contribution in [0.15, 0.2) is 22.7 Å². The van der Waals surface area contributed by atoms with Crippen LogP contribution in [0.3, 0.4) is 0 Å². The third kappa shape index (κ3) is 3.30. The van der Waals surface area contributed by atoms with E-state index in [0.29, 0.717) is 0 Å². The van der Waals surface area contributed by atoms with Crippen LogP contribution in [0.25, 0.3) is 11.3 Å². The third-order valence-corrected chi connectivity index (χ3v) is 3.36. The Labute approximate surface area is 112 Å². The molecule has 0 radical (unpaired) electrons. The third-order valence-electron chi connectivity index (χ3n) is 2.39. The zero-order valence-electron chi connectivity index (χ0n) is 9.65. The Morgan fingerprint density at radius 2 is 1.95 bits per heavy atom. The summed E-state index contributed by atoms with van der Waals surface area (Å²) in [5.41, 5.74) is 0.0449. The molecule has 102 valence electrons. The second kappa shape index (κ2) is 4.90. The smallest absolute Gasteiger partial charge is 0.238 e. The first-order chi connectivity index (χ1) is 8.76. The Bertz CT molecular complexity index is 728. The van der Waals surface area contributed by atoms with Gasteiger partial charge in [-0.25, -0.2) is 17.2 Å². The van der Waals surface area contributed by atoms with Crippen LogP contribution in [0.5, 0.6) is 0 Å². The van der Waals surface area contributed by atoms with Gasteiger partial charge in [-0.2, -0.15) is 0 Å². The molecule has 0 fully saturated rings. The molecule has 1 aromatic heterocycles. The predicted molar refractivity (Wildman–Crippen MR) is 65.1 cm³/mol. The van der Waals surface area contributed by atoms with Crippen molar-refractivity contribution in [2.75, 3.05) is 0 Å². The van der Waals surface area contributed by atoms with E-state index in [-0.39, 0.29) is 22.6 Å². The van der Waals surface area contributed by atoms with Crippen molar-refractivity contribution in [3.8, 4) is 11.3 Å². The van der Waals surface area contributed by atoms with E-state index in [2.05, 4.69) is 5.16 Å². The Kier molecular flexibility index (Phi) is 3.60. The number of nitrogens with zero attached hydrogens (tertiary/aromatic N) is 1. The lowest BCUT2D eigenvalue weighted by molar-refractivity contribution is 0.423. The summed E-state index contributed by atoms with van der Waals surface area (Å²) in [5.74, 6) is -1.89. The molecule has 0 bridgehead atoms. The van der Waals surface area contributed by atoms with Crippen LogP contribution >= 0.6 is 10.7 Å². The molecule has 19 heavy (non-hydrogen) atoms. The van der Waals surface area contributed by atoms with Crippen molar-refractivity contribution in [3.05, 3.63) is 41.1 Å². The minimum atomic E-state index is -3.79. The average molecular weight is 308 g/mol. The summed E-state index contributed by atoms with van der Waals surface area (Å²) in [6.07, 6.45) is 0. The molecule has 2 aromatic rings. The fourth-order valence-electron chi connectivity index (χ4n) is 1.52. The maximum atomic E-state index is 13.7. The molecular formula is C11H8ClF2NO3S. The number of hydrogen-bond donors (Lipinski definition) is 0. The zero-order valence-corrected chi connectivity index (χ0v) is 11.2. The molecule has 1 aromatic carbocycles. The number of hydrogen-bond acceptors (Lipinski definition) is 4. The zero-order chi connectivity index (χ0) is 14.2. The summed E-state index contributed by atoms with van der Waals surface area (Å²) in [5, 5.41) is 3.44. The van der Waals surface area contributed by atoms with E-state index in [0.717, 1.165) is 12.1 Å². The molecule has 0 aliphatic heterocycles. The summed E-state index contributed by atoms with van der Waals surface area (Å²) in [6, 6.07) is 3.18. The van der Waals surface area contributed by atoms with Gasteiger partial charge in [0.05, 0.1) is 5.56 Å². The Morgan fingerprint density at radius 1 is 1.26 bits per heavy atom. The Hall–Kier alpha value is -1.47. The highest BCUT2D eigenvalue weighted by Crippen LogP contribution is 2.26. The molecule has 0 atom stereocenters. The van der Waals surface area contributed by atoms with Crippen molar-refractivity contribution in [1.29, 1.82) is 0 Å². The van der Waals surface area contributed by atoms with Crippen molar-refractivity contribution in [2.45, 2.75) is 12.7 Å². The van der Waals surface area contributed by atoms with E-state index < -0.39 is 26.4 Å². The molecule has 0 N–H and O–H groups in total.